The number of carbonyl (C=O) groups excluding carboxylic acids is 1. The first-order valence-electron chi connectivity index (χ1n) is 8.77. The first-order chi connectivity index (χ1) is 13.3. The third-order valence-electron chi connectivity index (χ3n) is 4.65. The van der Waals surface area contributed by atoms with Crippen LogP contribution in [0.15, 0.2) is 53.9 Å². The van der Waals surface area contributed by atoms with Crippen LogP contribution in [0.4, 0.5) is 10.8 Å². The van der Waals surface area contributed by atoms with E-state index in [2.05, 4.69) is 10.3 Å². The molecule has 28 heavy (non-hydrogen) atoms. The van der Waals surface area contributed by atoms with Gasteiger partial charge in [0.2, 0.25) is 10.0 Å². The predicted octanol–water partition coefficient (Wildman–Crippen LogP) is 3.77. The second-order valence-electron chi connectivity index (χ2n) is 6.81. The number of nitrogens with zero attached hydrogens (tertiary/aromatic N) is 2. The van der Waals surface area contributed by atoms with Gasteiger partial charge in [-0.05, 0) is 37.1 Å². The number of rotatable bonds is 4. The van der Waals surface area contributed by atoms with Crippen LogP contribution in [-0.2, 0) is 16.4 Å². The summed E-state index contributed by atoms with van der Waals surface area (Å²) in [6, 6.07) is 14.7. The lowest BCUT2D eigenvalue weighted by atomic mass is 10.1. The number of hydrogen-bond donors (Lipinski definition) is 1. The minimum absolute atomic E-state index is 0.157. The summed E-state index contributed by atoms with van der Waals surface area (Å²) in [5, 5.41) is 5.25. The van der Waals surface area contributed by atoms with Gasteiger partial charge in [-0.3, -0.25) is 14.4 Å². The first kappa shape index (κ1) is 18.6. The summed E-state index contributed by atoms with van der Waals surface area (Å²) >= 11 is 1.37. The van der Waals surface area contributed by atoms with Crippen molar-refractivity contribution in [1.82, 2.24) is 4.98 Å². The fourth-order valence-corrected chi connectivity index (χ4v) is 5.47. The number of nitrogens with one attached hydrogen (secondary N) is 1. The Labute approximate surface area is 167 Å². The second kappa shape index (κ2) is 7.03. The molecule has 1 aliphatic heterocycles. The van der Waals surface area contributed by atoms with Crippen LogP contribution in [0.1, 0.15) is 22.8 Å². The van der Waals surface area contributed by atoms with Crippen molar-refractivity contribution in [2.45, 2.75) is 19.4 Å². The molecule has 1 amide bonds. The molecule has 0 bridgehead atoms. The molecular weight excluding hydrogens is 394 g/mol. The molecule has 2 heterocycles. The van der Waals surface area contributed by atoms with Crippen molar-refractivity contribution in [3.05, 3.63) is 65.0 Å². The summed E-state index contributed by atoms with van der Waals surface area (Å²) in [7, 11) is -3.35. The van der Waals surface area contributed by atoms with Crippen molar-refractivity contribution in [2.75, 3.05) is 15.9 Å². The molecule has 1 aliphatic rings. The number of anilines is 2. The van der Waals surface area contributed by atoms with Crippen LogP contribution >= 0.6 is 11.3 Å². The van der Waals surface area contributed by atoms with Crippen molar-refractivity contribution in [2.24, 2.45) is 0 Å². The Hall–Kier alpha value is -2.71. The van der Waals surface area contributed by atoms with Crippen LogP contribution in [0.2, 0.25) is 0 Å². The maximum Gasteiger partial charge on any atom is 0.257 e. The Morgan fingerprint density at radius 1 is 1.21 bits per heavy atom. The Kier molecular flexibility index (Phi) is 4.68. The van der Waals surface area contributed by atoms with E-state index in [9.17, 15) is 13.2 Å². The highest BCUT2D eigenvalue weighted by Crippen LogP contribution is 2.35. The van der Waals surface area contributed by atoms with E-state index in [4.69, 9.17) is 0 Å². The number of hydrogen-bond acceptors (Lipinski definition) is 5. The Morgan fingerprint density at radius 3 is 2.68 bits per heavy atom. The zero-order valence-corrected chi connectivity index (χ0v) is 17.0. The predicted molar refractivity (Wildman–Crippen MR) is 112 cm³/mol. The number of thiazole rings is 1. The topological polar surface area (TPSA) is 79.4 Å². The monoisotopic (exact) mass is 413 g/mol. The lowest BCUT2D eigenvalue weighted by Gasteiger charge is -2.21. The quantitative estimate of drug-likeness (QED) is 0.706. The van der Waals surface area contributed by atoms with E-state index >= 15 is 0 Å². The molecule has 0 saturated heterocycles. The Balaban J connectivity index is 1.54. The third kappa shape index (κ3) is 3.53. The molecule has 0 radical (unpaired) electrons. The summed E-state index contributed by atoms with van der Waals surface area (Å²) in [5.41, 5.74) is 3.79. The van der Waals surface area contributed by atoms with E-state index < -0.39 is 10.0 Å². The fourth-order valence-electron chi connectivity index (χ4n) is 3.49. The van der Waals surface area contributed by atoms with Gasteiger partial charge in [-0.1, -0.05) is 30.3 Å². The van der Waals surface area contributed by atoms with E-state index in [-0.39, 0.29) is 11.9 Å². The van der Waals surface area contributed by atoms with Crippen molar-refractivity contribution >= 4 is 38.1 Å². The van der Waals surface area contributed by atoms with Gasteiger partial charge in [0.05, 0.1) is 17.6 Å². The molecule has 1 N–H and O–H groups in total. The fraction of sp³-hybridized carbons (Fsp3) is 0.200. The number of aromatic nitrogens is 1. The molecule has 3 aromatic rings. The van der Waals surface area contributed by atoms with Gasteiger partial charge in [0.15, 0.2) is 5.13 Å². The highest BCUT2D eigenvalue weighted by atomic mass is 32.2. The largest absolute Gasteiger partial charge is 0.298 e. The molecule has 0 fully saturated rings. The lowest BCUT2D eigenvalue weighted by Crippen LogP contribution is -2.34. The summed E-state index contributed by atoms with van der Waals surface area (Å²) in [6.45, 7) is 1.86. The normalized spacial score (nSPS) is 16.1. The van der Waals surface area contributed by atoms with Crippen LogP contribution in [0.5, 0.6) is 0 Å². The van der Waals surface area contributed by atoms with Crippen molar-refractivity contribution < 1.29 is 13.2 Å². The molecule has 1 aromatic heterocycles. The standard InChI is InChI=1S/C20H19N3O3S2/c1-13-10-16-11-15(8-9-18(16)23(13)28(2,25)26)19(24)22-20-21-17(12-27-20)14-6-4-3-5-7-14/h3-9,11-13H,10H2,1-2H3,(H,21,22,24)/t13-/m0/s1. The van der Waals surface area contributed by atoms with E-state index in [1.165, 1.54) is 21.9 Å². The van der Waals surface area contributed by atoms with Gasteiger partial charge in [-0.25, -0.2) is 13.4 Å². The minimum Gasteiger partial charge on any atom is -0.298 e. The third-order valence-corrected chi connectivity index (χ3v) is 6.68. The Morgan fingerprint density at radius 2 is 1.96 bits per heavy atom. The second-order valence-corrected chi connectivity index (χ2v) is 9.53. The molecule has 144 valence electrons. The highest BCUT2D eigenvalue weighted by molar-refractivity contribution is 7.92. The van der Waals surface area contributed by atoms with Crippen LogP contribution in [-0.4, -0.2) is 31.6 Å². The number of fused-ring (bicyclic) bond motifs is 1. The van der Waals surface area contributed by atoms with Crippen LogP contribution in [0.25, 0.3) is 11.3 Å². The molecule has 0 unspecified atom stereocenters. The average molecular weight is 414 g/mol. The summed E-state index contributed by atoms with van der Waals surface area (Å²) in [5.74, 6) is -0.262. The maximum absolute atomic E-state index is 12.6. The number of carbonyl (C=O) groups is 1. The van der Waals surface area contributed by atoms with Crippen LogP contribution in [0.3, 0.4) is 0 Å². The molecule has 2 aromatic carbocycles. The van der Waals surface area contributed by atoms with Gasteiger partial charge in [-0.2, -0.15) is 0 Å². The van der Waals surface area contributed by atoms with Gasteiger partial charge in [-0.15, -0.1) is 11.3 Å². The molecule has 0 aliphatic carbocycles. The van der Waals surface area contributed by atoms with Gasteiger partial charge in [0.25, 0.3) is 5.91 Å². The molecule has 0 saturated carbocycles. The van der Waals surface area contributed by atoms with Gasteiger partial charge < -0.3 is 0 Å². The van der Waals surface area contributed by atoms with Crippen LogP contribution in [0, 0.1) is 0 Å². The number of sulfonamides is 1. The summed E-state index contributed by atoms with van der Waals surface area (Å²) < 4.78 is 25.5. The van der Waals surface area contributed by atoms with E-state index in [1.54, 1.807) is 18.2 Å². The van der Waals surface area contributed by atoms with E-state index in [1.807, 2.05) is 42.6 Å². The van der Waals surface area contributed by atoms with Gasteiger partial charge >= 0.3 is 0 Å². The molecule has 4 rings (SSSR count). The number of benzene rings is 2. The zero-order chi connectivity index (χ0) is 19.9. The van der Waals surface area contributed by atoms with Crippen LogP contribution < -0.4 is 9.62 Å². The maximum atomic E-state index is 12.6. The minimum atomic E-state index is -3.35. The van der Waals surface area contributed by atoms with Gasteiger partial charge in [0.1, 0.15) is 0 Å². The van der Waals surface area contributed by atoms with E-state index in [0.717, 1.165) is 16.8 Å². The molecular formula is C20H19N3O3S2. The smallest absolute Gasteiger partial charge is 0.257 e. The van der Waals surface area contributed by atoms with Crippen molar-refractivity contribution in [3.8, 4) is 11.3 Å². The summed E-state index contributed by atoms with van der Waals surface area (Å²) in [4.78, 5) is 17.1. The molecule has 1 atom stereocenters. The average Bonchev–Trinajstić information content (AvgIpc) is 3.24. The lowest BCUT2D eigenvalue weighted by molar-refractivity contribution is 0.102. The zero-order valence-electron chi connectivity index (χ0n) is 15.4. The summed E-state index contributed by atoms with van der Waals surface area (Å²) in [6.07, 6.45) is 1.78. The van der Waals surface area contributed by atoms with Crippen molar-refractivity contribution in [1.29, 1.82) is 0 Å². The Bertz CT molecular complexity index is 1140. The number of amides is 1. The van der Waals surface area contributed by atoms with Gasteiger partial charge in [0, 0.05) is 22.5 Å². The van der Waals surface area contributed by atoms with Crippen molar-refractivity contribution in [3.63, 3.8) is 0 Å². The SMILES string of the molecule is C[C@H]1Cc2cc(C(=O)Nc3nc(-c4ccccc4)cs3)ccc2N1S(C)(=O)=O. The molecule has 0 spiro atoms. The molecule has 8 heteroatoms. The molecule has 6 nitrogen and oxygen atoms in total. The highest BCUT2D eigenvalue weighted by Gasteiger charge is 2.32. The first-order valence-corrected chi connectivity index (χ1v) is 11.5. The van der Waals surface area contributed by atoms with E-state index in [0.29, 0.717) is 22.8 Å².